The monoisotopic (exact) mass is 209 g/mol. The first-order valence-electron chi connectivity index (χ1n) is 4.23. The molecule has 2 fully saturated rings. The van der Waals surface area contributed by atoms with Crippen molar-refractivity contribution >= 4 is 29.3 Å². The molecule has 2 aliphatic rings. The number of halogens is 2. The first kappa shape index (κ1) is 10.3. The van der Waals surface area contributed by atoms with Gasteiger partial charge in [0.2, 0.25) is 5.24 Å². The van der Waals surface area contributed by atoms with Gasteiger partial charge in [0, 0.05) is 6.04 Å². The molecule has 12 heavy (non-hydrogen) atoms. The second kappa shape index (κ2) is 3.95. The number of carbonyl (C=O) groups excluding carboxylic acids is 1. The summed E-state index contributed by atoms with van der Waals surface area (Å²) in [7, 11) is 0. The van der Waals surface area contributed by atoms with Gasteiger partial charge in [0.1, 0.15) is 0 Å². The standard InChI is InChI=1S/C8H12ClNO.ClH/c9-8(11)7-4-5-2-1-3-6(5)10-7;/h5-7,10H,1-4H2;1H. The zero-order valence-electron chi connectivity index (χ0n) is 6.75. The van der Waals surface area contributed by atoms with E-state index in [1.54, 1.807) is 0 Å². The lowest BCUT2D eigenvalue weighted by molar-refractivity contribution is -0.113. The minimum absolute atomic E-state index is 0. The highest BCUT2D eigenvalue weighted by atomic mass is 35.5. The van der Waals surface area contributed by atoms with Crippen molar-refractivity contribution in [1.82, 2.24) is 5.32 Å². The molecule has 0 aromatic rings. The molecular formula is C8H13Cl2NO. The predicted octanol–water partition coefficient (Wildman–Crippen LogP) is 1.70. The topological polar surface area (TPSA) is 29.1 Å². The highest BCUT2D eigenvalue weighted by molar-refractivity contribution is 6.64. The maximum Gasteiger partial charge on any atom is 0.238 e. The number of fused-ring (bicyclic) bond motifs is 1. The molecule has 1 saturated heterocycles. The van der Waals surface area contributed by atoms with Crippen LogP contribution in [0.4, 0.5) is 0 Å². The molecule has 3 atom stereocenters. The summed E-state index contributed by atoms with van der Waals surface area (Å²) in [5.74, 6) is 0.725. The van der Waals surface area contributed by atoms with E-state index in [-0.39, 0.29) is 23.7 Å². The second-order valence-electron chi connectivity index (χ2n) is 3.56. The van der Waals surface area contributed by atoms with E-state index in [1.165, 1.54) is 19.3 Å². The van der Waals surface area contributed by atoms with E-state index in [0.717, 1.165) is 12.3 Å². The van der Waals surface area contributed by atoms with Gasteiger partial charge in [-0.15, -0.1) is 12.4 Å². The molecule has 0 aromatic carbocycles. The molecule has 1 heterocycles. The van der Waals surface area contributed by atoms with E-state index in [1.807, 2.05) is 0 Å². The number of hydrogen-bond donors (Lipinski definition) is 1. The smallest absolute Gasteiger partial charge is 0.238 e. The van der Waals surface area contributed by atoms with Gasteiger partial charge in [-0.2, -0.15) is 0 Å². The molecule has 2 rings (SSSR count). The van der Waals surface area contributed by atoms with E-state index in [0.29, 0.717) is 6.04 Å². The van der Waals surface area contributed by atoms with Gasteiger partial charge < -0.3 is 5.32 Å². The van der Waals surface area contributed by atoms with Gasteiger partial charge in [0.05, 0.1) is 6.04 Å². The van der Waals surface area contributed by atoms with Gasteiger partial charge in [-0.3, -0.25) is 4.79 Å². The summed E-state index contributed by atoms with van der Waals surface area (Å²) in [4.78, 5) is 10.8. The highest BCUT2D eigenvalue weighted by Crippen LogP contribution is 2.34. The third-order valence-electron chi connectivity index (χ3n) is 2.89. The molecule has 0 bridgehead atoms. The molecule has 1 aliphatic carbocycles. The summed E-state index contributed by atoms with van der Waals surface area (Å²) in [5, 5.41) is 3.06. The normalized spacial score (nSPS) is 38.9. The van der Waals surface area contributed by atoms with Crippen LogP contribution in [0.2, 0.25) is 0 Å². The van der Waals surface area contributed by atoms with Crippen molar-refractivity contribution in [2.45, 2.75) is 37.8 Å². The lowest BCUT2D eigenvalue weighted by Crippen LogP contribution is -2.32. The Morgan fingerprint density at radius 3 is 2.75 bits per heavy atom. The SMILES string of the molecule is Cl.O=C(Cl)C1CC2CCCC2N1. The van der Waals surface area contributed by atoms with Gasteiger partial charge in [-0.1, -0.05) is 6.42 Å². The van der Waals surface area contributed by atoms with Crippen LogP contribution in [-0.4, -0.2) is 17.3 Å². The predicted molar refractivity (Wildman–Crippen MR) is 50.8 cm³/mol. The first-order valence-corrected chi connectivity index (χ1v) is 4.60. The number of hydrogen-bond acceptors (Lipinski definition) is 2. The molecule has 0 aromatic heterocycles. The van der Waals surface area contributed by atoms with Crippen LogP contribution in [0, 0.1) is 5.92 Å². The maximum atomic E-state index is 10.8. The molecule has 1 saturated carbocycles. The van der Waals surface area contributed by atoms with Crippen LogP contribution >= 0.6 is 24.0 Å². The van der Waals surface area contributed by atoms with Crippen molar-refractivity contribution in [3.8, 4) is 0 Å². The largest absolute Gasteiger partial charge is 0.303 e. The first-order chi connectivity index (χ1) is 5.27. The van der Waals surface area contributed by atoms with Crippen LogP contribution in [0.5, 0.6) is 0 Å². The van der Waals surface area contributed by atoms with Crippen LogP contribution in [0.15, 0.2) is 0 Å². The van der Waals surface area contributed by atoms with Gasteiger partial charge >= 0.3 is 0 Å². The zero-order chi connectivity index (χ0) is 7.84. The van der Waals surface area contributed by atoms with Crippen molar-refractivity contribution in [1.29, 1.82) is 0 Å². The summed E-state index contributed by atoms with van der Waals surface area (Å²) in [5.41, 5.74) is 0. The van der Waals surface area contributed by atoms with Crippen molar-refractivity contribution in [3.63, 3.8) is 0 Å². The summed E-state index contributed by atoms with van der Waals surface area (Å²) in [6.07, 6.45) is 4.78. The zero-order valence-corrected chi connectivity index (χ0v) is 8.33. The Morgan fingerprint density at radius 1 is 1.42 bits per heavy atom. The minimum Gasteiger partial charge on any atom is -0.303 e. The van der Waals surface area contributed by atoms with Gasteiger partial charge in [0.25, 0.3) is 0 Å². The third kappa shape index (κ3) is 1.76. The van der Waals surface area contributed by atoms with Crippen molar-refractivity contribution in [3.05, 3.63) is 0 Å². The fourth-order valence-corrected chi connectivity index (χ4v) is 2.48. The Morgan fingerprint density at radius 2 is 2.17 bits per heavy atom. The van der Waals surface area contributed by atoms with E-state index >= 15 is 0 Å². The molecular weight excluding hydrogens is 197 g/mol. The highest BCUT2D eigenvalue weighted by Gasteiger charge is 2.38. The summed E-state index contributed by atoms with van der Waals surface area (Å²) < 4.78 is 0. The molecule has 2 nitrogen and oxygen atoms in total. The second-order valence-corrected chi connectivity index (χ2v) is 3.93. The third-order valence-corrected chi connectivity index (χ3v) is 3.15. The summed E-state index contributed by atoms with van der Waals surface area (Å²) in [6, 6.07) is 0.537. The molecule has 4 heteroatoms. The molecule has 1 aliphatic heterocycles. The van der Waals surface area contributed by atoms with Crippen LogP contribution in [-0.2, 0) is 4.79 Å². The fraction of sp³-hybridized carbons (Fsp3) is 0.875. The molecule has 0 amide bonds. The lowest BCUT2D eigenvalue weighted by Gasteiger charge is -2.07. The van der Waals surface area contributed by atoms with Crippen LogP contribution in [0.1, 0.15) is 25.7 Å². The summed E-state index contributed by atoms with van der Waals surface area (Å²) >= 11 is 5.39. The Labute approximate surface area is 83.4 Å². The van der Waals surface area contributed by atoms with E-state index in [2.05, 4.69) is 5.32 Å². The van der Waals surface area contributed by atoms with Crippen molar-refractivity contribution in [2.24, 2.45) is 5.92 Å². The average molecular weight is 210 g/mol. The van der Waals surface area contributed by atoms with Crippen LogP contribution in [0.3, 0.4) is 0 Å². The Kier molecular flexibility index (Phi) is 3.38. The van der Waals surface area contributed by atoms with Gasteiger partial charge in [0.15, 0.2) is 0 Å². The van der Waals surface area contributed by atoms with E-state index in [9.17, 15) is 4.79 Å². The number of nitrogens with one attached hydrogen (secondary N) is 1. The summed E-state index contributed by atoms with van der Waals surface area (Å²) in [6.45, 7) is 0. The number of rotatable bonds is 1. The minimum atomic E-state index is -0.209. The fourth-order valence-electron chi connectivity index (χ4n) is 2.33. The average Bonchev–Trinajstić information content (AvgIpc) is 2.40. The van der Waals surface area contributed by atoms with E-state index in [4.69, 9.17) is 11.6 Å². The molecule has 70 valence electrons. The van der Waals surface area contributed by atoms with Gasteiger partial charge in [-0.25, -0.2) is 0 Å². The molecule has 1 N–H and O–H groups in total. The lowest BCUT2D eigenvalue weighted by atomic mass is 10.0. The van der Waals surface area contributed by atoms with Gasteiger partial charge in [-0.05, 0) is 36.8 Å². The Bertz CT molecular complexity index is 174. The quantitative estimate of drug-likeness (QED) is 0.667. The molecule has 0 radical (unpaired) electrons. The van der Waals surface area contributed by atoms with Crippen LogP contribution in [0.25, 0.3) is 0 Å². The Balaban J connectivity index is 0.000000720. The van der Waals surface area contributed by atoms with Crippen LogP contribution < -0.4 is 5.32 Å². The number of carbonyl (C=O) groups is 1. The maximum absolute atomic E-state index is 10.8. The molecule has 3 unspecified atom stereocenters. The van der Waals surface area contributed by atoms with Crippen molar-refractivity contribution in [2.75, 3.05) is 0 Å². The van der Waals surface area contributed by atoms with E-state index < -0.39 is 0 Å². The Hall–Kier alpha value is 0.210. The molecule has 0 spiro atoms. The van der Waals surface area contributed by atoms with Crippen molar-refractivity contribution < 1.29 is 4.79 Å².